The number of nitrogens with zero attached hydrogens (tertiary/aromatic N) is 1. The van der Waals surface area contributed by atoms with Crippen LogP contribution in [0.4, 0.5) is 0 Å². The molecule has 0 aliphatic carbocycles. The fraction of sp³-hybridized carbons (Fsp3) is 0.250. The van der Waals surface area contributed by atoms with Crippen LogP contribution in [0, 0.1) is 0 Å². The highest BCUT2D eigenvalue weighted by molar-refractivity contribution is 6.30. The number of nitrogens with one attached hydrogen (secondary N) is 1. The van der Waals surface area contributed by atoms with Crippen molar-refractivity contribution in [1.29, 1.82) is 0 Å². The predicted octanol–water partition coefficient (Wildman–Crippen LogP) is 1.79. The van der Waals surface area contributed by atoms with Crippen LogP contribution in [0.5, 0.6) is 0 Å². The van der Waals surface area contributed by atoms with Crippen LogP contribution in [0.3, 0.4) is 0 Å². The largest absolute Gasteiger partial charge is 0.231 e. The van der Waals surface area contributed by atoms with E-state index in [1.54, 1.807) is 0 Å². The lowest BCUT2D eigenvalue weighted by atomic mass is 10.2. The number of hydrogen-bond donors (Lipinski definition) is 1. The Bertz CT molecular complexity index is 257. The van der Waals surface area contributed by atoms with Crippen molar-refractivity contribution in [2.24, 2.45) is 0 Å². The molecule has 0 amide bonds. The molecule has 0 spiro atoms. The summed E-state index contributed by atoms with van der Waals surface area (Å²) in [6.45, 7) is 0. The zero-order valence-corrected chi connectivity index (χ0v) is 6.97. The fourth-order valence-electron chi connectivity index (χ4n) is 1.10. The first kappa shape index (κ1) is 7.10. The topological polar surface area (TPSA) is 25.0 Å². The molecular weight excluding hydrogens is 160 g/mol. The van der Waals surface area contributed by atoms with Gasteiger partial charge in [-0.25, -0.2) is 10.4 Å². The Morgan fingerprint density at radius 1 is 1.36 bits per heavy atom. The fourth-order valence-corrected chi connectivity index (χ4v) is 1.23. The summed E-state index contributed by atoms with van der Waals surface area (Å²) in [5.41, 5.74) is 4.42. The quantitative estimate of drug-likeness (QED) is 0.647. The van der Waals surface area contributed by atoms with E-state index in [1.165, 1.54) is 5.56 Å². The molecule has 1 saturated heterocycles. The highest BCUT2D eigenvalue weighted by atomic mass is 35.5. The Morgan fingerprint density at radius 2 is 1.91 bits per heavy atom. The van der Waals surface area contributed by atoms with Crippen molar-refractivity contribution in [3.63, 3.8) is 0 Å². The molecule has 2 atom stereocenters. The smallest absolute Gasteiger partial charge is 0.112 e. The second-order valence-corrected chi connectivity index (χ2v) is 3.13. The molecule has 1 aliphatic rings. The van der Waals surface area contributed by atoms with E-state index in [1.807, 2.05) is 36.3 Å². The molecule has 0 radical (unpaired) electrons. The van der Waals surface area contributed by atoms with Gasteiger partial charge in [0.15, 0.2) is 0 Å². The summed E-state index contributed by atoms with van der Waals surface area (Å²) in [4.78, 5) is 0. The zero-order valence-electron chi connectivity index (χ0n) is 6.21. The summed E-state index contributed by atoms with van der Waals surface area (Å²) >= 11 is 5.74. The highest BCUT2D eigenvalue weighted by Crippen LogP contribution is 2.26. The van der Waals surface area contributed by atoms with Crippen LogP contribution in [0.15, 0.2) is 24.3 Å². The second-order valence-electron chi connectivity index (χ2n) is 2.69. The Labute approximate surface area is 70.7 Å². The average Bonchev–Trinajstić information content (AvgIpc) is 2.69. The molecule has 1 aromatic rings. The van der Waals surface area contributed by atoms with Crippen molar-refractivity contribution in [1.82, 2.24) is 10.4 Å². The lowest BCUT2D eigenvalue weighted by Crippen LogP contribution is -1.87. The van der Waals surface area contributed by atoms with Gasteiger partial charge in [-0.05, 0) is 17.7 Å². The first-order chi connectivity index (χ1) is 5.27. The van der Waals surface area contributed by atoms with Crippen molar-refractivity contribution >= 4 is 11.6 Å². The van der Waals surface area contributed by atoms with Crippen molar-refractivity contribution in [2.75, 3.05) is 7.05 Å². The highest BCUT2D eigenvalue weighted by Gasteiger charge is 2.29. The Morgan fingerprint density at radius 3 is 2.36 bits per heavy atom. The van der Waals surface area contributed by atoms with Crippen LogP contribution in [0.1, 0.15) is 11.7 Å². The van der Waals surface area contributed by atoms with E-state index >= 15 is 0 Å². The van der Waals surface area contributed by atoms with Crippen LogP contribution in [-0.4, -0.2) is 12.1 Å². The van der Waals surface area contributed by atoms with Crippen molar-refractivity contribution in [3.05, 3.63) is 34.9 Å². The first-order valence-electron chi connectivity index (χ1n) is 3.52. The molecule has 1 heterocycles. The Kier molecular flexibility index (Phi) is 1.60. The molecular formula is C8H9ClN2. The van der Waals surface area contributed by atoms with Gasteiger partial charge in [0.2, 0.25) is 0 Å². The monoisotopic (exact) mass is 168 g/mol. The summed E-state index contributed by atoms with van der Waals surface area (Å²) in [6.07, 6.45) is 0.396. The average molecular weight is 169 g/mol. The van der Waals surface area contributed by atoms with Crippen LogP contribution < -0.4 is 5.43 Å². The molecule has 11 heavy (non-hydrogen) atoms. The summed E-state index contributed by atoms with van der Waals surface area (Å²) < 4.78 is 0. The normalized spacial score (nSPS) is 28.5. The molecule has 1 aliphatic heterocycles. The summed E-state index contributed by atoms with van der Waals surface area (Å²) in [7, 11) is 2.01. The van der Waals surface area contributed by atoms with E-state index in [9.17, 15) is 0 Å². The van der Waals surface area contributed by atoms with Gasteiger partial charge in [0.05, 0.1) is 0 Å². The lowest BCUT2D eigenvalue weighted by molar-refractivity contribution is 0.597. The van der Waals surface area contributed by atoms with Gasteiger partial charge in [0, 0.05) is 12.1 Å². The maximum atomic E-state index is 5.74. The molecule has 0 aromatic heterocycles. The number of rotatable bonds is 1. The molecule has 2 unspecified atom stereocenters. The predicted molar refractivity (Wildman–Crippen MR) is 45.1 cm³/mol. The standard InChI is InChI=1S/C8H9ClN2/c1-11-8(10-11)6-2-4-7(9)5-3-6/h2-5,8,10H,1H3. The number of benzene rings is 1. The summed E-state index contributed by atoms with van der Waals surface area (Å²) in [5.74, 6) is 0. The molecule has 1 N–H and O–H groups in total. The van der Waals surface area contributed by atoms with Gasteiger partial charge in [-0.1, -0.05) is 23.7 Å². The SMILES string of the molecule is CN1NC1c1ccc(Cl)cc1. The second kappa shape index (κ2) is 2.48. The van der Waals surface area contributed by atoms with Gasteiger partial charge < -0.3 is 0 Å². The van der Waals surface area contributed by atoms with E-state index in [-0.39, 0.29) is 0 Å². The van der Waals surface area contributed by atoms with Gasteiger partial charge in [-0.3, -0.25) is 0 Å². The first-order valence-corrected chi connectivity index (χ1v) is 3.89. The van der Waals surface area contributed by atoms with Gasteiger partial charge in [0.1, 0.15) is 6.17 Å². The summed E-state index contributed by atoms with van der Waals surface area (Å²) in [5, 5.41) is 2.83. The number of halogens is 1. The maximum absolute atomic E-state index is 5.74. The Hall–Kier alpha value is -0.570. The van der Waals surface area contributed by atoms with E-state index in [0.717, 1.165) is 5.02 Å². The van der Waals surface area contributed by atoms with Crippen molar-refractivity contribution < 1.29 is 0 Å². The van der Waals surface area contributed by atoms with Crippen LogP contribution >= 0.6 is 11.6 Å². The minimum absolute atomic E-state index is 0.396. The van der Waals surface area contributed by atoms with Gasteiger partial charge in [0.25, 0.3) is 0 Å². The minimum Gasteiger partial charge on any atom is -0.231 e. The van der Waals surface area contributed by atoms with E-state index in [0.29, 0.717) is 6.17 Å². The van der Waals surface area contributed by atoms with Gasteiger partial charge >= 0.3 is 0 Å². The number of hydrogen-bond acceptors (Lipinski definition) is 2. The molecule has 1 aromatic carbocycles. The molecule has 1 fully saturated rings. The third-order valence-electron chi connectivity index (χ3n) is 1.83. The maximum Gasteiger partial charge on any atom is 0.112 e. The molecule has 58 valence electrons. The third kappa shape index (κ3) is 1.38. The van der Waals surface area contributed by atoms with Gasteiger partial charge in [-0.15, -0.1) is 0 Å². The minimum atomic E-state index is 0.396. The Balaban J connectivity index is 2.21. The van der Waals surface area contributed by atoms with Crippen LogP contribution in [0.25, 0.3) is 0 Å². The molecule has 2 rings (SSSR count). The third-order valence-corrected chi connectivity index (χ3v) is 2.08. The molecule has 2 nitrogen and oxygen atoms in total. The van der Waals surface area contributed by atoms with Crippen LogP contribution in [0.2, 0.25) is 5.02 Å². The molecule has 3 heteroatoms. The zero-order chi connectivity index (χ0) is 7.84. The van der Waals surface area contributed by atoms with E-state index < -0.39 is 0 Å². The number of hydrazine groups is 1. The van der Waals surface area contributed by atoms with E-state index in [4.69, 9.17) is 11.6 Å². The molecule has 0 bridgehead atoms. The lowest BCUT2D eigenvalue weighted by Gasteiger charge is -1.95. The van der Waals surface area contributed by atoms with Crippen molar-refractivity contribution in [3.8, 4) is 0 Å². The van der Waals surface area contributed by atoms with Crippen molar-refractivity contribution in [2.45, 2.75) is 6.17 Å². The molecule has 0 saturated carbocycles. The van der Waals surface area contributed by atoms with E-state index in [2.05, 4.69) is 5.43 Å². The summed E-state index contributed by atoms with van der Waals surface area (Å²) in [6, 6.07) is 7.88. The van der Waals surface area contributed by atoms with Gasteiger partial charge in [-0.2, -0.15) is 0 Å². The van der Waals surface area contributed by atoms with Crippen LogP contribution in [-0.2, 0) is 0 Å².